The van der Waals surface area contributed by atoms with Gasteiger partial charge < -0.3 is 10.1 Å². The summed E-state index contributed by atoms with van der Waals surface area (Å²) in [6.45, 7) is -0.103. The number of nitrogens with zero attached hydrogens (tertiary/aromatic N) is 1. The molecule has 0 unspecified atom stereocenters. The standard InChI is InChI=1S/C14H12Cl2N2O2S/c15-8-4-5-12(10(16)6-8)20-7-13(19)17-14-9-2-1-3-11(9)18-21-14/h4-6H,1-3,7H2,(H,17,19). The first-order valence-electron chi connectivity index (χ1n) is 6.48. The molecule has 1 aromatic heterocycles. The second-order valence-corrected chi connectivity index (χ2v) is 6.32. The lowest BCUT2D eigenvalue weighted by atomic mass is 10.3. The Morgan fingerprint density at radius 2 is 2.24 bits per heavy atom. The van der Waals surface area contributed by atoms with Gasteiger partial charge in [0.05, 0.1) is 10.7 Å². The van der Waals surface area contributed by atoms with Gasteiger partial charge in [-0.25, -0.2) is 0 Å². The van der Waals surface area contributed by atoms with Crippen molar-refractivity contribution in [3.8, 4) is 5.75 Å². The summed E-state index contributed by atoms with van der Waals surface area (Å²) < 4.78 is 9.75. The summed E-state index contributed by atoms with van der Waals surface area (Å²) in [6, 6.07) is 4.88. The molecule has 0 fully saturated rings. The highest BCUT2D eigenvalue weighted by Gasteiger charge is 2.20. The van der Waals surface area contributed by atoms with Crippen molar-refractivity contribution < 1.29 is 9.53 Å². The van der Waals surface area contributed by atoms with Crippen LogP contribution in [0.2, 0.25) is 10.0 Å². The minimum absolute atomic E-state index is 0.103. The van der Waals surface area contributed by atoms with Crippen molar-refractivity contribution in [2.75, 3.05) is 11.9 Å². The molecule has 0 atom stereocenters. The lowest BCUT2D eigenvalue weighted by molar-refractivity contribution is -0.118. The molecule has 1 heterocycles. The zero-order valence-corrected chi connectivity index (χ0v) is 13.3. The van der Waals surface area contributed by atoms with Crippen LogP contribution < -0.4 is 10.1 Å². The van der Waals surface area contributed by atoms with E-state index in [1.807, 2.05) is 0 Å². The van der Waals surface area contributed by atoms with Crippen LogP contribution in [0.1, 0.15) is 17.7 Å². The molecular weight excluding hydrogens is 331 g/mol. The number of rotatable bonds is 4. The van der Waals surface area contributed by atoms with Crippen LogP contribution in [-0.4, -0.2) is 16.9 Å². The molecule has 1 amide bonds. The van der Waals surface area contributed by atoms with Crippen LogP contribution in [-0.2, 0) is 17.6 Å². The Bertz CT molecular complexity index is 688. The van der Waals surface area contributed by atoms with E-state index in [9.17, 15) is 4.79 Å². The molecule has 0 radical (unpaired) electrons. The van der Waals surface area contributed by atoms with Crippen LogP contribution in [0.25, 0.3) is 0 Å². The molecule has 1 N–H and O–H groups in total. The van der Waals surface area contributed by atoms with E-state index in [4.69, 9.17) is 27.9 Å². The molecular formula is C14H12Cl2N2O2S. The van der Waals surface area contributed by atoms with Crippen molar-refractivity contribution in [2.24, 2.45) is 0 Å². The SMILES string of the molecule is O=C(COc1ccc(Cl)cc1Cl)Nc1snc2c1CCC2. The number of anilines is 1. The average molecular weight is 343 g/mol. The molecule has 1 aliphatic carbocycles. The van der Waals surface area contributed by atoms with Crippen LogP contribution in [0, 0.1) is 0 Å². The van der Waals surface area contributed by atoms with Gasteiger partial charge in [0.2, 0.25) is 0 Å². The van der Waals surface area contributed by atoms with Gasteiger partial charge in [0.1, 0.15) is 10.8 Å². The minimum Gasteiger partial charge on any atom is -0.482 e. The van der Waals surface area contributed by atoms with Gasteiger partial charge in [0.15, 0.2) is 6.61 Å². The zero-order chi connectivity index (χ0) is 14.8. The van der Waals surface area contributed by atoms with Gasteiger partial charge in [0.25, 0.3) is 5.91 Å². The molecule has 0 saturated carbocycles. The van der Waals surface area contributed by atoms with Crippen molar-refractivity contribution in [3.05, 3.63) is 39.5 Å². The van der Waals surface area contributed by atoms with Gasteiger partial charge in [-0.2, -0.15) is 4.37 Å². The molecule has 0 spiro atoms. The second kappa shape index (κ2) is 6.22. The van der Waals surface area contributed by atoms with Crippen molar-refractivity contribution in [2.45, 2.75) is 19.3 Å². The number of aromatic nitrogens is 1. The fraction of sp³-hybridized carbons (Fsp3) is 0.286. The van der Waals surface area contributed by atoms with E-state index in [-0.39, 0.29) is 12.5 Å². The fourth-order valence-corrected chi connectivity index (χ4v) is 3.58. The number of nitrogens with one attached hydrogen (secondary N) is 1. The Kier molecular flexibility index (Phi) is 4.33. The van der Waals surface area contributed by atoms with Gasteiger partial charge in [0, 0.05) is 10.6 Å². The number of fused-ring (bicyclic) bond motifs is 1. The van der Waals surface area contributed by atoms with Crippen molar-refractivity contribution >= 4 is 45.6 Å². The monoisotopic (exact) mass is 342 g/mol. The molecule has 21 heavy (non-hydrogen) atoms. The quantitative estimate of drug-likeness (QED) is 0.914. The van der Waals surface area contributed by atoms with Gasteiger partial charge in [-0.3, -0.25) is 4.79 Å². The third kappa shape index (κ3) is 3.31. The van der Waals surface area contributed by atoms with Crippen molar-refractivity contribution in [1.29, 1.82) is 0 Å². The zero-order valence-electron chi connectivity index (χ0n) is 11.0. The van der Waals surface area contributed by atoms with Crippen LogP contribution >= 0.6 is 34.7 Å². The molecule has 2 aromatic rings. The first kappa shape index (κ1) is 14.6. The Hall–Kier alpha value is -1.30. The number of carbonyl (C=O) groups is 1. The van der Waals surface area contributed by atoms with Gasteiger partial charge in [-0.1, -0.05) is 23.2 Å². The highest BCUT2D eigenvalue weighted by molar-refractivity contribution is 7.10. The Labute approximate surface area is 136 Å². The lowest BCUT2D eigenvalue weighted by Crippen LogP contribution is -2.20. The number of benzene rings is 1. The molecule has 0 aliphatic heterocycles. The maximum atomic E-state index is 11.9. The predicted octanol–water partition coefficient (Wildman–Crippen LogP) is 3.96. The molecule has 7 heteroatoms. The summed E-state index contributed by atoms with van der Waals surface area (Å²) in [5.41, 5.74) is 2.27. The van der Waals surface area contributed by atoms with E-state index in [2.05, 4.69) is 9.69 Å². The first-order valence-corrected chi connectivity index (χ1v) is 8.01. The summed E-state index contributed by atoms with van der Waals surface area (Å²) >= 11 is 13.1. The van der Waals surface area contributed by atoms with E-state index in [1.54, 1.807) is 18.2 Å². The van der Waals surface area contributed by atoms with E-state index >= 15 is 0 Å². The fourth-order valence-electron chi connectivity index (χ4n) is 2.23. The lowest BCUT2D eigenvalue weighted by Gasteiger charge is -2.08. The van der Waals surface area contributed by atoms with Gasteiger partial charge >= 0.3 is 0 Å². The summed E-state index contributed by atoms with van der Waals surface area (Å²) in [6.07, 6.45) is 3.08. The third-order valence-electron chi connectivity index (χ3n) is 3.22. The molecule has 3 rings (SSSR count). The smallest absolute Gasteiger partial charge is 0.262 e. The highest BCUT2D eigenvalue weighted by Crippen LogP contribution is 2.32. The largest absolute Gasteiger partial charge is 0.482 e. The highest BCUT2D eigenvalue weighted by atomic mass is 35.5. The third-order valence-corrected chi connectivity index (χ3v) is 4.59. The molecule has 1 aromatic carbocycles. The normalized spacial score (nSPS) is 13.0. The first-order chi connectivity index (χ1) is 10.1. The second-order valence-electron chi connectivity index (χ2n) is 4.70. The van der Waals surface area contributed by atoms with E-state index in [0.29, 0.717) is 15.8 Å². The van der Waals surface area contributed by atoms with Crippen LogP contribution in [0.3, 0.4) is 0 Å². The minimum atomic E-state index is -0.223. The van der Waals surface area contributed by atoms with Crippen molar-refractivity contribution in [3.63, 3.8) is 0 Å². The Morgan fingerprint density at radius 3 is 3.05 bits per heavy atom. The maximum absolute atomic E-state index is 11.9. The molecule has 0 bridgehead atoms. The Balaban J connectivity index is 1.59. The van der Waals surface area contributed by atoms with E-state index in [0.717, 1.165) is 35.5 Å². The average Bonchev–Trinajstić information content (AvgIpc) is 3.03. The Morgan fingerprint density at radius 1 is 1.38 bits per heavy atom. The number of halogens is 2. The summed E-state index contributed by atoms with van der Waals surface area (Å²) in [7, 11) is 0. The van der Waals surface area contributed by atoms with Crippen molar-refractivity contribution in [1.82, 2.24) is 4.37 Å². The number of carbonyl (C=O) groups excluding carboxylic acids is 1. The van der Waals surface area contributed by atoms with Crippen LogP contribution in [0.5, 0.6) is 5.75 Å². The number of aryl methyl sites for hydroxylation is 1. The summed E-state index contributed by atoms with van der Waals surface area (Å²) in [4.78, 5) is 11.9. The van der Waals surface area contributed by atoms with Gasteiger partial charge in [-0.15, -0.1) is 0 Å². The molecule has 0 saturated heterocycles. The maximum Gasteiger partial charge on any atom is 0.262 e. The number of hydrogen-bond donors (Lipinski definition) is 1. The topological polar surface area (TPSA) is 51.2 Å². The molecule has 4 nitrogen and oxygen atoms in total. The van der Waals surface area contributed by atoms with Gasteiger partial charge in [-0.05, 0) is 49.0 Å². The van der Waals surface area contributed by atoms with E-state index < -0.39 is 0 Å². The van der Waals surface area contributed by atoms with E-state index in [1.165, 1.54) is 11.5 Å². The van der Waals surface area contributed by atoms with Crippen LogP contribution in [0.15, 0.2) is 18.2 Å². The van der Waals surface area contributed by atoms with Crippen LogP contribution in [0.4, 0.5) is 5.00 Å². The summed E-state index contributed by atoms with van der Waals surface area (Å²) in [5.74, 6) is 0.213. The number of hydrogen-bond acceptors (Lipinski definition) is 4. The molecule has 1 aliphatic rings. The summed E-state index contributed by atoms with van der Waals surface area (Å²) in [5, 5.41) is 4.59. The molecule has 110 valence electrons. The predicted molar refractivity (Wildman–Crippen MR) is 84.7 cm³/mol. The number of amides is 1. The number of ether oxygens (including phenoxy) is 1.